The molecule has 0 amide bonds. The van der Waals surface area contributed by atoms with Crippen molar-refractivity contribution in [2.24, 2.45) is 4.99 Å². The molecule has 1 aromatic carbocycles. The molecule has 154 valence electrons. The van der Waals surface area contributed by atoms with Crippen molar-refractivity contribution in [2.75, 3.05) is 54.2 Å². The third kappa shape index (κ3) is 8.39. The SMILES string of the molecule is CCNC(=NCCCCOCC)NCCc1c(OC)cc(OC)cc1OC. The topological polar surface area (TPSA) is 73.3 Å². The maximum absolute atomic E-state index is 5.50. The molecule has 0 aromatic heterocycles. The summed E-state index contributed by atoms with van der Waals surface area (Å²) in [4.78, 5) is 4.61. The molecule has 0 fully saturated rings. The average molecular weight is 382 g/mol. The smallest absolute Gasteiger partial charge is 0.191 e. The molecular formula is C20H35N3O4. The number of hydrogen-bond donors (Lipinski definition) is 2. The summed E-state index contributed by atoms with van der Waals surface area (Å²) in [6.45, 7) is 7.94. The van der Waals surface area contributed by atoms with Crippen LogP contribution in [0.2, 0.25) is 0 Å². The second-order valence-corrected chi connectivity index (χ2v) is 5.85. The number of aliphatic imine (C=N–C) groups is 1. The Hall–Kier alpha value is -2.15. The number of nitrogens with zero attached hydrogens (tertiary/aromatic N) is 1. The molecule has 0 saturated heterocycles. The van der Waals surface area contributed by atoms with Crippen LogP contribution in [0.25, 0.3) is 0 Å². The van der Waals surface area contributed by atoms with Crippen LogP contribution in [0, 0.1) is 0 Å². The molecule has 0 heterocycles. The number of unbranched alkanes of at least 4 members (excludes halogenated alkanes) is 1. The van der Waals surface area contributed by atoms with Gasteiger partial charge in [-0.15, -0.1) is 0 Å². The maximum atomic E-state index is 5.50. The quantitative estimate of drug-likeness (QED) is 0.311. The summed E-state index contributed by atoms with van der Waals surface area (Å²) in [6, 6.07) is 3.74. The number of nitrogens with one attached hydrogen (secondary N) is 2. The first-order chi connectivity index (χ1) is 13.2. The highest BCUT2D eigenvalue weighted by molar-refractivity contribution is 5.79. The van der Waals surface area contributed by atoms with E-state index in [1.54, 1.807) is 21.3 Å². The van der Waals surface area contributed by atoms with Gasteiger partial charge in [0.05, 0.1) is 21.3 Å². The third-order valence-corrected chi connectivity index (χ3v) is 4.00. The maximum Gasteiger partial charge on any atom is 0.191 e. The number of methoxy groups -OCH3 is 3. The Bertz CT molecular complexity index is 539. The molecule has 27 heavy (non-hydrogen) atoms. The van der Waals surface area contributed by atoms with E-state index in [1.807, 2.05) is 19.1 Å². The molecule has 0 saturated carbocycles. The third-order valence-electron chi connectivity index (χ3n) is 4.00. The van der Waals surface area contributed by atoms with Crippen molar-refractivity contribution in [3.8, 4) is 17.2 Å². The molecule has 0 bridgehead atoms. The second kappa shape index (κ2) is 14.0. The predicted molar refractivity (Wildman–Crippen MR) is 110 cm³/mol. The first kappa shape index (κ1) is 22.9. The minimum Gasteiger partial charge on any atom is -0.496 e. The van der Waals surface area contributed by atoms with Crippen LogP contribution in [-0.4, -0.2) is 60.1 Å². The van der Waals surface area contributed by atoms with Gasteiger partial charge in [-0.05, 0) is 33.1 Å². The molecule has 1 aromatic rings. The monoisotopic (exact) mass is 381 g/mol. The highest BCUT2D eigenvalue weighted by Crippen LogP contribution is 2.34. The van der Waals surface area contributed by atoms with E-state index >= 15 is 0 Å². The van der Waals surface area contributed by atoms with Gasteiger partial charge < -0.3 is 29.6 Å². The lowest BCUT2D eigenvalue weighted by atomic mass is 10.1. The van der Waals surface area contributed by atoms with Gasteiger partial charge in [0.2, 0.25) is 0 Å². The summed E-state index contributed by atoms with van der Waals surface area (Å²) in [5, 5.41) is 6.64. The van der Waals surface area contributed by atoms with E-state index in [-0.39, 0.29) is 0 Å². The standard InChI is InChI=1S/C20H35N3O4/c1-6-21-20(22-11-8-9-13-27-7-2)23-12-10-17-18(25-4)14-16(24-3)15-19(17)26-5/h14-15H,6-13H2,1-5H3,(H2,21,22,23). The summed E-state index contributed by atoms with van der Waals surface area (Å²) >= 11 is 0. The molecule has 7 heteroatoms. The molecule has 0 aliphatic heterocycles. The number of guanidine groups is 1. The van der Waals surface area contributed by atoms with Gasteiger partial charge in [0.15, 0.2) is 5.96 Å². The van der Waals surface area contributed by atoms with Crippen LogP contribution in [0.4, 0.5) is 0 Å². The highest BCUT2D eigenvalue weighted by Gasteiger charge is 2.13. The van der Waals surface area contributed by atoms with E-state index in [0.717, 1.165) is 68.6 Å². The first-order valence-corrected chi connectivity index (χ1v) is 9.58. The molecule has 0 unspecified atom stereocenters. The zero-order chi connectivity index (χ0) is 19.9. The van der Waals surface area contributed by atoms with Crippen molar-refractivity contribution >= 4 is 5.96 Å². The number of ether oxygens (including phenoxy) is 4. The number of rotatable bonds is 13. The highest BCUT2D eigenvalue weighted by atomic mass is 16.5. The van der Waals surface area contributed by atoms with Crippen LogP contribution in [-0.2, 0) is 11.2 Å². The average Bonchev–Trinajstić information content (AvgIpc) is 2.70. The van der Waals surface area contributed by atoms with Crippen LogP contribution in [0.15, 0.2) is 17.1 Å². The summed E-state index contributed by atoms with van der Waals surface area (Å²) in [5.74, 6) is 3.04. The Morgan fingerprint density at radius 1 is 0.963 bits per heavy atom. The molecule has 0 atom stereocenters. The minimum absolute atomic E-state index is 0.711. The zero-order valence-electron chi connectivity index (χ0n) is 17.4. The lowest BCUT2D eigenvalue weighted by Gasteiger charge is -2.16. The Labute approximate surface area is 163 Å². The molecule has 0 spiro atoms. The van der Waals surface area contributed by atoms with Gasteiger partial charge in [0.25, 0.3) is 0 Å². The molecule has 1 rings (SSSR count). The zero-order valence-corrected chi connectivity index (χ0v) is 17.4. The van der Waals surface area contributed by atoms with Crippen molar-refractivity contribution in [1.82, 2.24) is 10.6 Å². The van der Waals surface area contributed by atoms with Crippen molar-refractivity contribution in [3.05, 3.63) is 17.7 Å². The number of hydrogen-bond acceptors (Lipinski definition) is 5. The molecule has 0 aliphatic rings. The van der Waals surface area contributed by atoms with E-state index in [9.17, 15) is 0 Å². The summed E-state index contributed by atoms with van der Waals surface area (Å²) < 4.78 is 21.6. The Morgan fingerprint density at radius 3 is 2.22 bits per heavy atom. The van der Waals surface area contributed by atoms with Crippen LogP contribution >= 0.6 is 0 Å². The van der Waals surface area contributed by atoms with Crippen LogP contribution in [0.3, 0.4) is 0 Å². The van der Waals surface area contributed by atoms with E-state index in [0.29, 0.717) is 12.3 Å². The predicted octanol–water partition coefficient (Wildman–Crippen LogP) is 2.63. The van der Waals surface area contributed by atoms with Gasteiger partial charge in [0, 0.05) is 50.5 Å². The van der Waals surface area contributed by atoms with Gasteiger partial charge >= 0.3 is 0 Å². The fourth-order valence-corrected chi connectivity index (χ4v) is 2.62. The van der Waals surface area contributed by atoms with Gasteiger partial charge in [-0.1, -0.05) is 0 Å². The Morgan fingerprint density at radius 2 is 1.67 bits per heavy atom. The van der Waals surface area contributed by atoms with Crippen LogP contribution in [0.1, 0.15) is 32.3 Å². The minimum atomic E-state index is 0.711. The van der Waals surface area contributed by atoms with E-state index in [2.05, 4.69) is 22.5 Å². The fraction of sp³-hybridized carbons (Fsp3) is 0.650. The Balaban J connectivity index is 2.62. The van der Waals surface area contributed by atoms with Crippen molar-refractivity contribution < 1.29 is 18.9 Å². The number of benzene rings is 1. The lowest BCUT2D eigenvalue weighted by molar-refractivity contribution is 0.144. The Kier molecular flexibility index (Phi) is 11.8. The lowest BCUT2D eigenvalue weighted by Crippen LogP contribution is -2.38. The van der Waals surface area contributed by atoms with Crippen LogP contribution in [0.5, 0.6) is 17.2 Å². The largest absolute Gasteiger partial charge is 0.496 e. The molecule has 7 nitrogen and oxygen atoms in total. The van der Waals surface area contributed by atoms with E-state index < -0.39 is 0 Å². The van der Waals surface area contributed by atoms with Gasteiger partial charge in [-0.25, -0.2) is 0 Å². The van der Waals surface area contributed by atoms with Crippen molar-refractivity contribution in [3.63, 3.8) is 0 Å². The second-order valence-electron chi connectivity index (χ2n) is 5.85. The summed E-state index contributed by atoms with van der Waals surface area (Å²) in [5.41, 5.74) is 1.00. The molecule has 0 aliphatic carbocycles. The molecule has 2 N–H and O–H groups in total. The van der Waals surface area contributed by atoms with E-state index in [1.165, 1.54) is 0 Å². The van der Waals surface area contributed by atoms with Crippen molar-refractivity contribution in [1.29, 1.82) is 0 Å². The van der Waals surface area contributed by atoms with E-state index in [4.69, 9.17) is 18.9 Å². The normalized spacial score (nSPS) is 11.2. The van der Waals surface area contributed by atoms with Crippen LogP contribution < -0.4 is 24.8 Å². The summed E-state index contributed by atoms with van der Waals surface area (Å²) in [7, 11) is 4.93. The molecular weight excluding hydrogens is 346 g/mol. The van der Waals surface area contributed by atoms with Gasteiger partial charge in [0.1, 0.15) is 17.2 Å². The first-order valence-electron chi connectivity index (χ1n) is 9.58. The van der Waals surface area contributed by atoms with Gasteiger partial charge in [-0.3, -0.25) is 4.99 Å². The summed E-state index contributed by atoms with van der Waals surface area (Å²) in [6.07, 6.45) is 2.78. The van der Waals surface area contributed by atoms with Gasteiger partial charge in [-0.2, -0.15) is 0 Å². The fourth-order valence-electron chi connectivity index (χ4n) is 2.62. The van der Waals surface area contributed by atoms with Crippen molar-refractivity contribution in [2.45, 2.75) is 33.1 Å². The molecule has 0 radical (unpaired) electrons.